The van der Waals surface area contributed by atoms with E-state index in [1.807, 2.05) is 0 Å². The van der Waals surface area contributed by atoms with E-state index in [0.717, 1.165) is 0 Å². The van der Waals surface area contributed by atoms with Gasteiger partial charge in [-0.1, -0.05) is 49.0 Å². The highest BCUT2D eigenvalue weighted by Crippen LogP contribution is 2.49. The molecule has 0 spiro atoms. The van der Waals surface area contributed by atoms with Crippen molar-refractivity contribution in [2.75, 3.05) is 5.32 Å². The van der Waals surface area contributed by atoms with Gasteiger partial charge in [0.2, 0.25) is 5.91 Å². The monoisotopic (exact) mass is 405 g/mol. The number of carbonyl (C=O) groups excluding carboxylic acids is 1. The third-order valence-corrected chi connectivity index (χ3v) is 5.58. The Bertz CT molecular complexity index is 1200. The number of halogens is 2. The number of benzene rings is 3. The first kappa shape index (κ1) is 19.5. The SMILES string of the molecule is C=C(C(=O)O)c1ccc(C2(c3ccc(F)cc3)C(=O)Nc3c2ccc(F)c3C)cc1. The number of rotatable bonds is 4. The van der Waals surface area contributed by atoms with Crippen LogP contribution in [0.2, 0.25) is 0 Å². The topological polar surface area (TPSA) is 66.4 Å². The number of carboxylic acids is 1. The number of carboxylic acid groups (broad SMARTS) is 1. The molecule has 4 rings (SSSR count). The third kappa shape index (κ3) is 2.72. The maximum Gasteiger partial charge on any atom is 0.335 e. The molecule has 0 radical (unpaired) electrons. The van der Waals surface area contributed by atoms with Crippen molar-refractivity contribution >= 4 is 23.1 Å². The minimum absolute atomic E-state index is 0.0772. The number of amides is 1. The molecule has 0 aliphatic carbocycles. The number of hydrogen-bond donors (Lipinski definition) is 2. The Kier molecular flexibility index (Phi) is 4.50. The molecule has 2 N–H and O–H groups in total. The molecule has 0 bridgehead atoms. The second-order valence-corrected chi connectivity index (χ2v) is 7.17. The maximum absolute atomic E-state index is 14.2. The van der Waals surface area contributed by atoms with E-state index in [9.17, 15) is 18.4 Å². The summed E-state index contributed by atoms with van der Waals surface area (Å²) in [5, 5.41) is 11.9. The second kappa shape index (κ2) is 6.91. The summed E-state index contributed by atoms with van der Waals surface area (Å²) in [4.78, 5) is 24.6. The average molecular weight is 405 g/mol. The lowest BCUT2D eigenvalue weighted by molar-refractivity contribution is -0.130. The van der Waals surface area contributed by atoms with Crippen LogP contribution in [0.25, 0.3) is 5.57 Å². The van der Waals surface area contributed by atoms with Gasteiger partial charge in [0.15, 0.2) is 0 Å². The van der Waals surface area contributed by atoms with Crippen LogP contribution < -0.4 is 5.32 Å². The molecule has 1 aliphatic rings. The van der Waals surface area contributed by atoms with Crippen molar-refractivity contribution in [2.24, 2.45) is 0 Å². The van der Waals surface area contributed by atoms with Crippen LogP contribution >= 0.6 is 0 Å². The largest absolute Gasteiger partial charge is 0.478 e. The fourth-order valence-corrected chi connectivity index (χ4v) is 3.97. The fourth-order valence-electron chi connectivity index (χ4n) is 3.97. The molecule has 4 nitrogen and oxygen atoms in total. The Labute approximate surface area is 171 Å². The molecule has 0 fully saturated rings. The van der Waals surface area contributed by atoms with Crippen LogP contribution in [-0.4, -0.2) is 17.0 Å². The summed E-state index contributed by atoms with van der Waals surface area (Å²) in [7, 11) is 0. The van der Waals surface area contributed by atoms with Crippen molar-refractivity contribution < 1.29 is 23.5 Å². The molecular weight excluding hydrogens is 388 g/mol. The second-order valence-electron chi connectivity index (χ2n) is 7.17. The summed E-state index contributed by atoms with van der Waals surface area (Å²) in [6, 6.07) is 14.8. The predicted octanol–water partition coefficient (Wildman–Crippen LogP) is 4.66. The Morgan fingerprint density at radius 2 is 1.53 bits per heavy atom. The Hall–Kier alpha value is -3.80. The van der Waals surface area contributed by atoms with E-state index >= 15 is 0 Å². The van der Waals surface area contributed by atoms with E-state index in [-0.39, 0.29) is 5.57 Å². The lowest BCUT2D eigenvalue weighted by Gasteiger charge is -2.29. The van der Waals surface area contributed by atoms with Crippen molar-refractivity contribution in [3.05, 3.63) is 107 Å². The van der Waals surface area contributed by atoms with Gasteiger partial charge in [0.25, 0.3) is 0 Å². The van der Waals surface area contributed by atoms with Crippen molar-refractivity contribution in [3.8, 4) is 0 Å². The molecule has 30 heavy (non-hydrogen) atoms. The zero-order valence-electron chi connectivity index (χ0n) is 16.0. The predicted molar refractivity (Wildman–Crippen MR) is 109 cm³/mol. The van der Waals surface area contributed by atoms with Crippen LogP contribution in [0.1, 0.15) is 27.8 Å². The summed E-state index contributed by atoms with van der Waals surface area (Å²) >= 11 is 0. The number of aliphatic carboxylic acids is 1. The van der Waals surface area contributed by atoms with Gasteiger partial charge in [-0.3, -0.25) is 4.79 Å². The number of fused-ring (bicyclic) bond motifs is 1. The molecule has 1 heterocycles. The maximum atomic E-state index is 14.2. The zero-order chi connectivity index (χ0) is 21.6. The minimum Gasteiger partial charge on any atom is -0.478 e. The molecular formula is C24H17F2NO3. The van der Waals surface area contributed by atoms with Crippen molar-refractivity contribution in [1.29, 1.82) is 0 Å². The Morgan fingerprint density at radius 1 is 0.967 bits per heavy atom. The number of anilines is 1. The van der Waals surface area contributed by atoms with Crippen LogP contribution in [0.15, 0.2) is 67.2 Å². The van der Waals surface area contributed by atoms with Gasteiger partial charge in [-0.2, -0.15) is 0 Å². The highest BCUT2D eigenvalue weighted by atomic mass is 19.1. The zero-order valence-corrected chi connectivity index (χ0v) is 16.0. The molecule has 6 heteroatoms. The highest BCUT2D eigenvalue weighted by molar-refractivity contribution is 6.15. The molecule has 1 unspecified atom stereocenters. The lowest BCUT2D eigenvalue weighted by Crippen LogP contribution is -2.37. The van der Waals surface area contributed by atoms with Crippen molar-refractivity contribution in [3.63, 3.8) is 0 Å². The van der Waals surface area contributed by atoms with Gasteiger partial charge >= 0.3 is 5.97 Å². The summed E-state index contributed by atoms with van der Waals surface area (Å²) < 4.78 is 27.8. The van der Waals surface area contributed by atoms with Gasteiger partial charge in [0.1, 0.15) is 17.0 Å². The van der Waals surface area contributed by atoms with Crippen LogP contribution in [0.5, 0.6) is 0 Å². The lowest BCUT2D eigenvalue weighted by atomic mass is 9.70. The standard InChI is InChI=1S/C24H17F2NO3/c1-13(22(28)29)15-3-5-16(6-4-15)24(17-7-9-18(25)10-8-17)19-11-12-20(26)14(2)21(19)27-23(24)30/h3-12H,1H2,2H3,(H,27,30)(H,28,29). The third-order valence-electron chi connectivity index (χ3n) is 5.58. The van der Waals surface area contributed by atoms with Crippen molar-refractivity contribution in [1.82, 2.24) is 0 Å². The molecule has 0 saturated heterocycles. The Balaban J connectivity index is 1.99. The van der Waals surface area contributed by atoms with Crippen LogP contribution in [0.4, 0.5) is 14.5 Å². The molecule has 3 aromatic rings. The van der Waals surface area contributed by atoms with Crippen molar-refractivity contribution in [2.45, 2.75) is 12.3 Å². The van der Waals surface area contributed by atoms with Gasteiger partial charge in [-0.05, 0) is 41.8 Å². The van der Waals surface area contributed by atoms with Gasteiger partial charge in [0, 0.05) is 11.1 Å². The van der Waals surface area contributed by atoms with E-state index in [1.165, 1.54) is 30.3 Å². The van der Waals surface area contributed by atoms with E-state index in [2.05, 4.69) is 11.9 Å². The number of carbonyl (C=O) groups is 2. The molecule has 0 aromatic heterocycles. The quantitative estimate of drug-likeness (QED) is 0.621. The first-order chi connectivity index (χ1) is 14.3. The van der Waals surface area contributed by atoms with Crippen LogP contribution in [0.3, 0.4) is 0 Å². The van der Waals surface area contributed by atoms with Gasteiger partial charge < -0.3 is 10.4 Å². The number of hydrogen-bond acceptors (Lipinski definition) is 2. The van der Waals surface area contributed by atoms with E-state index in [1.54, 1.807) is 37.3 Å². The van der Waals surface area contributed by atoms with E-state index in [4.69, 9.17) is 5.11 Å². The highest BCUT2D eigenvalue weighted by Gasteiger charge is 2.50. The first-order valence-corrected chi connectivity index (χ1v) is 9.17. The molecule has 1 amide bonds. The Morgan fingerprint density at radius 3 is 2.10 bits per heavy atom. The van der Waals surface area contributed by atoms with Gasteiger partial charge in [-0.25, -0.2) is 13.6 Å². The minimum atomic E-state index is -1.34. The molecule has 1 atom stereocenters. The van der Waals surface area contributed by atoms with Gasteiger partial charge in [0.05, 0.1) is 11.3 Å². The normalized spacial score (nSPS) is 17.4. The summed E-state index contributed by atoms with van der Waals surface area (Å²) in [5.41, 5.74) is 1.26. The summed E-state index contributed by atoms with van der Waals surface area (Å²) in [6.45, 7) is 5.13. The van der Waals surface area contributed by atoms with Crippen LogP contribution in [0, 0.1) is 18.6 Å². The number of nitrogens with one attached hydrogen (secondary N) is 1. The molecule has 3 aromatic carbocycles. The molecule has 0 saturated carbocycles. The van der Waals surface area contributed by atoms with E-state index < -0.39 is 28.9 Å². The first-order valence-electron chi connectivity index (χ1n) is 9.17. The fraction of sp³-hybridized carbons (Fsp3) is 0.0833. The van der Waals surface area contributed by atoms with E-state index in [0.29, 0.717) is 33.5 Å². The molecule has 150 valence electrons. The smallest absolute Gasteiger partial charge is 0.335 e. The summed E-state index contributed by atoms with van der Waals surface area (Å²) in [5.74, 6) is -2.44. The average Bonchev–Trinajstić information content (AvgIpc) is 3.04. The van der Waals surface area contributed by atoms with Crippen LogP contribution in [-0.2, 0) is 15.0 Å². The summed E-state index contributed by atoms with van der Waals surface area (Å²) in [6.07, 6.45) is 0. The van der Waals surface area contributed by atoms with Gasteiger partial charge in [-0.15, -0.1) is 0 Å². The molecule has 1 aliphatic heterocycles.